The second kappa shape index (κ2) is 7.13. The second-order valence-electron chi connectivity index (χ2n) is 4.84. The second-order valence-corrected chi connectivity index (χ2v) is 4.84. The zero-order chi connectivity index (χ0) is 16.9. The van der Waals surface area contributed by atoms with E-state index in [1.807, 2.05) is 6.92 Å². The van der Waals surface area contributed by atoms with Gasteiger partial charge in [-0.15, -0.1) is 0 Å². The number of aromatic nitrogens is 1. The van der Waals surface area contributed by atoms with E-state index in [1.54, 1.807) is 12.1 Å². The van der Waals surface area contributed by atoms with E-state index >= 15 is 0 Å². The van der Waals surface area contributed by atoms with Crippen LogP contribution in [0.5, 0.6) is 0 Å². The monoisotopic (exact) mass is 323 g/mol. The van der Waals surface area contributed by atoms with Crippen molar-refractivity contribution in [3.05, 3.63) is 59.3 Å². The largest absolute Gasteiger partial charge is 0.416 e. The summed E-state index contributed by atoms with van der Waals surface area (Å²) in [5, 5.41) is 5.59. The van der Waals surface area contributed by atoms with E-state index in [1.165, 1.54) is 18.3 Å². The lowest BCUT2D eigenvalue weighted by molar-refractivity contribution is -0.137. The van der Waals surface area contributed by atoms with Crippen molar-refractivity contribution in [2.75, 3.05) is 11.9 Å². The van der Waals surface area contributed by atoms with E-state index in [9.17, 15) is 18.0 Å². The SMILES string of the molecule is CCNc1cc(C(=O)NCc2cccc(C(F)(F)F)c2)ccn1. The lowest BCUT2D eigenvalue weighted by atomic mass is 10.1. The van der Waals surface area contributed by atoms with Gasteiger partial charge in [0, 0.05) is 24.8 Å². The van der Waals surface area contributed by atoms with E-state index in [-0.39, 0.29) is 12.5 Å². The number of hydrogen-bond donors (Lipinski definition) is 2. The molecule has 2 rings (SSSR count). The van der Waals surface area contributed by atoms with Crippen molar-refractivity contribution in [2.24, 2.45) is 0 Å². The van der Waals surface area contributed by atoms with Crippen molar-refractivity contribution in [3.8, 4) is 0 Å². The van der Waals surface area contributed by atoms with Gasteiger partial charge in [0.25, 0.3) is 5.91 Å². The number of alkyl halides is 3. The Morgan fingerprint density at radius 3 is 2.70 bits per heavy atom. The van der Waals surface area contributed by atoms with Gasteiger partial charge in [0.05, 0.1) is 5.56 Å². The molecule has 0 aliphatic rings. The number of halogens is 3. The molecule has 0 fully saturated rings. The van der Waals surface area contributed by atoms with Crippen LogP contribution in [0.2, 0.25) is 0 Å². The maximum atomic E-state index is 12.6. The van der Waals surface area contributed by atoms with Gasteiger partial charge in [0.2, 0.25) is 0 Å². The third kappa shape index (κ3) is 4.70. The van der Waals surface area contributed by atoms with E-state index < -0.39 is 11.7 Å². The highest BCUT2D eigenvalue weighted by Crippen LogP contribution is 2.29. The van der Waals surface area contributed by atoms with Crippen LogP contribution in [0.4, 0.5) is 19.0 Å². The standard InChI is InChI=1S/C16H16F3N3O/c1-2-20-14-9-12(6-7-21-14)15(23)22-10-11-4-3-5-13(8-11)16(17,18)19/h3-9H,2,10H2,1H3,(H,20,21)(H,22,23). The smallest absolute Gasteiger partial charge is 0.370 e. The zero-order valence-corrected chi connectivity index (χ0v) is 12.4. The first-order valence-corrected chi connectivity index (χ1v) is 7.04. The molecular weight excluding hydrogens is 307 g/mol. The van der Waals surface area contributed by atoms with E-state index in [2.05, 4.69) is 15.6 Å². The maximum absolute atomic E-state index is 12.6. The number of amides is 1. The Kier molecular flexibility index (Phi) is 5.20. The molecule has 4 nitrogen and oxygen atoms in total. The molecular formula is C16H16F3N3O. The molecule has 2 aromatic rings. The van der Waals surface area contributed by atoms with Gasteiger partial charge in [0.15, 0.2) is 0 Å². The molecule has 0 saturated carbocycles. The fourth-order valence-electron chi connectivity index (χ4n) is 1.99. The van der Waals surface area contributed by atoms with Crippen LogP contribution in [0.25, 0.3) is 0 Å². The van der Waals surface area contributed by atoms with Crippen LogP contribution in [0.15, 0.2) is 42.6 Å². The van der Waals surface area contributed by atoms with Crippen LogP contribution in [0.1, 0.15) is 28.4 Å². The summed E-state index contributed by atoms with van der Waals surface area (Å²) < 4.78 is 37.9. The van der Waals surface area contributed by atoms with Crippen molar-refractivity contribution in [1.29, 1.82) is 0 Å². The van der Waals surface area contributed by atoms with Crippen molar-refractivity contribution in [2.45, 2.75) is 19.6 Å². The number of pyridine rings is 1. The molecule has 23 heavy (non-hydrogen) atoms. The van der Waals surface area contributed by atoms with Crippen LogP contribution in [0, 0.1) is 0 Å². The van der Waals surface area contributed by atoms with Gasteiger partial charge >= 0.3 is 6.18 Å². The van der Waals surface area contributed by atoms with Gasteiger partial charge in [-0.3, -0.25) is 4.79 Å². The molecule has 7 heteroatoms. The molecule has 1 aromatic carbocycles. The van der Waals surface area contributed by atoms with Crippen molar-refractivity contribution < 1.29 is 18.0 Å². The van der Waals surface area contributed by atoms with Gasteiger partial charge in [-0.2, -0.15) is 13.2 Å². The summed E-state index contributed by atoms with van der Waals surface area (Å²) in [5.74, 6) is 0.197. The highest BCUT2D eigenvalue weighted by molar-refractivity contribution is 5.94. The molecule has 0 spiro atoms. The molecule has 0 atom stereocenters. The molecule has 0 radical (unpaired) electrons. The maximum Gasteiger partial charge on any atom is 0.416 e. The molecule has 0 saturated heterocycles. The Bertz CT molecular complexity index is 686. The third-order valence-electron chi connectivity index (χ3n) is 3.09. The number of carbonyl (C=O) groups excluding carboxylic acids is 1. The average Bonchev–Trinajstić information content (AvgIpc) is 2.53. The Labute approximate surface area is 131 Å². The van der Waals surface area contributed by atoms with Crippen LogP contribution >= 0.6 is 0 Å². The van der Waals surface area contributed by atoms with Crippen molar-refractivity contribution in [3.63, 3.8) is 0 Å². The summed E-state index contributed by atoms with van der Waals surface area (Å²) in [6.07, 6.45) is -2.90. The molecule has 0 aliphatic heterocycles. The van der Waals surface area contributed by atoms with Crippen LogP contribution in [-0.4, -0.2) is 17.4 Å². The van der Waals surface area contributed by atoms with Gasteiger partial charge in [-0.05, 0) is 36.8 Å². The zero-order valence-electron chi connectivity index (χ0n) is 12.4. The Hall–Kier alpha value is -2.57. The molecule has 1 amide bonds. The number of nitrogens with zero attached hydrogens (tertiary/aromatic N) is 1. The lowest BCUT2D eigenvalue weighted by Gasteiger charge is -2.10. The highest BCUT2D eigenvalue weighted by atomic mass is 19.4. The normalized spacial score (nSPS) is 11.1. The number of rotatable bonds is 5. The summed E-state index contributed by atoms with van der Waals surface area (Å²) in [7, 11) is 0. The van der Waals surface area contributed by atoms with Crippen molar-refractivity contribution >= 4 is 11.7 Å². The summed E-state index contributed by atoms with van der Waals surface area (Å²) in [4.78, 5) is 16.1. The molecule has 122 valence electrons. The Balaban J connectivity index is 2.03. The van der Waals surface area contributed by atoms with Crippen LogP contribution in [0.3, 0.4) is 0 Å². The van der Waals surface area contributed by atoms with E-state index in [0.717, 1.165) is 12.1 Å². The minimum Gasteiger partial charge on any atom is -0.370 e. The van der Waals surface area contributed by atoms with Crippen molar-refractivity contribution in [1.82, 2.24) is 10.3 Å². The Morgan fingerprint density at radius 1 is 1.22 bits per heavy atom. The predicted molar refractivity (Wildman–Crippen MR) is 81.0 cm³/mol. The van der Waals surface area contributed by atoms with Gasteiger partial charge < -0.3 is 10.6 Å². The van der Waals surface area contributed by atoms with E-state index in [4.69, 9.17) is 0 Å². The summed E-state index contributed by atoms with van der Waals surface area (Å²) >= 11 is 0. The molecule has 2 N–H and O–H groups in total. The van der Waals surface area contributed by atoms with Crippen LogP contribution in [-0.2, 0) is 12.7 Å². The quantitative estimate of drug-likeness (QED) is 0.886. The predicted octanol–water partition coefficient (Wildman–Crippen LogP) is 3.46. The Morgan fingerprint density at radius 2 is 2.00 bits per heavy atom. The fraction of sp³-hybridized carbons (Fsp3) is 0.250. The van der Waals surface area contributed by atoms with E-state index in [0.29, 0.717) is 23.5 Å². The first-order valence-electron chi connectivity index (χ1n) is 7.04. The van der Waals surface area contributed by atoms with Gasteiger partial charge in [-0.25, -0.2) is 4.98 Å². The first-order chi connectivity index (χ1) is 10.9. The molecule has 0 aliphatic carbocycles. The number of nitrogens with one attached hydrogen (secondary N) is 2. The highest BCUT2D eigenvalue weighted by Gasteiger charge is 2.30. The molecule has 0 bridgehead atoms. The molecule has 1 aromatic heterocycles. The minimum absolute atomic E-state index is 0.0155. The van der Waals surface area contributed by atoms with Gasteiger partial charge in [0.1, 0.15) is 5.82 Å². The summed E-state index contributed by atoms with van der Waals surface area (Å²) in [6, 6.07) is 8.01. The number of benzene rings is 1. The third-order valence-corrected chi connectivity index (χ3v) is 3.09. The average molecular weight is 323 g/mol. The minimum atomic E-state index is -4.40. The van der Waals surface area contributed by atoms with Crippen LogP contribution < -0.4 is 10.6 Å². The molecule has 1 heterocycles. The summed E-state index contributed by atoms with van der Waals surface area (Å²) in [6.45, 7) is 2.59. The number of anilines is 1. The lowest BCUT2D eigenvalue weighted by Crippen LogP contribution is -2.23. The number of carbonyl (C=O) groups is 1. The number of hydrogen-bond acceptors (Lipinski definition) is 3. The molecule has 0 unspecified atom stereocenters. The summed E-state index contributed by atoms with van der Waals surface area (Å²) in [5.41, 5.74) is 0.0413. The topological polar surface area (TPSA) is 54.0 Å². The first kappa shape index (κ1) is 16.8. The van der Waals surface area contributed by atoms with Gasteiger partial charge in [-0.1, -0.05) is 12.1 Å². The fourth-order valence-corrected chi connectivity index (χ4v) is 1.99.